The summed E-state index contributed by atoms with van der Waals surface area (Å²) in [7, 11) is 0. The zero-order valence-corrected chi connectivity index (χ0v) is 18.4. The molecule has 29 heavy (non-hydrogen) atoms. The molecule has 0 radical (unpaired) electrons. The predicted molar refractivity (Wildman–Crippen MR) is 106 cm³/mol. The van der Waals surface area contributed by atoms with Crippen LogP contribution in [0.15, 0.2) is 0 Å². The molecule has 2 fully saturated rings. The first kappa shape index (κ1) is 25.2. The molecule has 2 aliphatic heterocycles. The molecule has 9 nitrogen and oxygen atoms in total. The van der Waals surface area contributed by atoms with E-state index in [1.165, 1.54) is 12.8 Å². The standard InChI is InChI=1S/C16H28N2O6.C4H8O/c1-15(2,3)11(17-14(23)24-16(4,5)6)12(20)18-8-9(19)7-10(18)13(21)22;1-2-4-5-3-1/h9-11,19H,7-8H2,1-6H3,(H,17,23)(H,21,22);1-4H2/t9-,10+,11-;/m1./s1. The maximum absolute atomic E-state index is 12.8. The predicted octanol–water partition coefficient (Wildman–Crippen LogP) is 1.77. The largest absolute Gasteiger partial charge is 0.480 e. The highest BCUT2D eigenvalue weighted by Gasteiger charge is 2.44. The zero-order chi connectivity index (χ0) is 22.4. The lowest BCUT2D eigenvalue weighted by Crippen LogP contribution is -2.57. The number of β-amino-alcohol motifs (C(OH)–C–C–N with tert-alkyl or cyclic N) is 1. The normalized spacial score (nSPS) is 23.1. The SMILES string of the molecule is C1CCOC1.CC(C)(C)OC(=O)N[C@H](C(=O)N1C[C@H](O)C[C@H]1C(=O)O)C(C)(C)C. The summed E-state index contributed by atoms with van der Waals surface area (Å²) in [5, 5.41) is 21.5. The molecule has 0 aromatic carbocycles. The van der Waals surface area contributed by atoms with Crippen molar-refractivity contribution in [2.75, 3.05) is 19.8 Å². The molecule has 2 amide bonds. The van der Waals surface area contributed by atoms with Gasteiger partial charge in [0.05, 0.1) is 6.10 Å². The lowest BCUT2D eigenvalue weighted by molar-refractivity contribution is -0.150. The fourth-order valence-corrected chi connectivity index (χ4v) is 3.04. The maximum atomic E-state index is 12.8. The van der Waals surface area contributed by atoms with Crippen LogP contribution in [0, 0.1) is 5.41 Å². The number of likely N-dealkylation sites (tertiary alicyclic amines) is 1. The van der Waals surface area contributed by atoms with Gasteiger partial charge < -0.3 is 29.9 Å². The van der Waals surface area contributed by atoms with E-state index in [2.05, 4.69) is 5.32 Å². The van der Waals surface area contributed by atoms with Crippen molar-refractivity contribution < 1.29 is 34.1 Å². The van der Waals surface area contributed by atoms with Crippen molar-refractivity contribution in [3.63, 3.8) is 0 Å². The molecule has 3 N–H and O–H groups in total. The molecule has 0 spiro atoms. The van der Waals surface area contributed by atoms with Crippen molar-refractivity contribution in [2.45, 2.75) is 84.6 Å². The Morgan fingerprint density at radius 2 is 1.66 bits per heavy atom. The van der Waals surface area contributed by atoms with Gasteiger partial charge >= 0.3 is 12.1 Å². The van der Waals surface area contributed by atoms with E-state index in [0.717, 1.165) is 18.1 Å². The third kappa shape index (κ3) is 8.57. The summed E-state index contributed by atoms with van der Waals surface area (Å²) >= 11 is 0. The number of carbonyl (C=O) groups excluding carboxylic acids is 2. The minimum Gasteiger partial charge on any atom is -0.480 e. The highest BCUT2D eigenvalue weighted by Crippen LogP contribution is 2.26. The first-order valence-electron chi connectivity index (χ1n) is 10.0. The topological polar surface area (TPSA) is 125 Å². The molecule has 168 valence electrons. The first-order chi connectivity index (χ1) is 13.2. The van der Waals surface area contributed by atoms with Gasteiger partial charge in [-0.2, -0.15) is 0 Å². The summed E-state index contributed by atoms with van der Waals surface area (Å²) in [5.41, 5.74) is -1.38. The Bertz CT molecular complexity index is 569. The van der Waals surface area contributed by atoms with Crippen LogP contribution in [-0.4, -0.2) is 76.6 Å². The molecule has 2 saturated heterocycles. The number of aliphatic hydroxyl groups is 1. The molecule has 2 heterocycles. The summed E-state index contributed by atoms with van der Waals surface area (Å²) < 4.78 is 10.1. The number of nitrogens with zero attached hydrogens (tertiary/aromatic N) is 1. The number of aliphatic carboxylic acids is 1. The highest BCUT2D eigenvalue weighted by molar-refractivity contribution is 5.90. The number of aliphatic hydroxyl groups excluding tert-OH is 1. The molecule has 0 aliphatic carbocycles. The zero-order valence-electron chi connectivity index (χ0n) is 18.4. The van der Waals surface area contributed by atoms with Crippen molar-refractivity contribution >= 4 is 18.0 Å². The van der Waals surface area contributed by atoms with E-state index in [0.29, 0.717) is 0 Å². The minimum atomic E-state index is -1.18. The van der Waals surface area contributed by atoms with Gasteiger partial charge in [-0.05, 0) is 39.0 Å². The Morgan fingerprint density at radius 1 is 1.10 bits per heavy atom. The molecule has 2 aliphatic rings. The Morgan fingerprint density at radius 3 is 2.03 bits per heavy atom. The van der Waals surface area contributed by atoms with Gasteiger partial charge in [-0.1, -0.05) is 20.8 Å². The summed E-state index contributed by atoms with van der Waals surface area (Å²) in [6, 6.07) is -2.07. The van der Waals surface area contributed by atoms with Gasteiger partial charge in [0.15, 0.2) is 0 Å². The summed E-state index contributed by atoms with van der Waals surface area (Å²) in [6.07, 6.45) is 0.893. The van der Waals surface area contributed by atoms with E-state index >= 15 is 0 Å². The van der Waals surface area contributed by atoms with E-state index < -0.39 is 47.2 Å². The Labute approximate surface area is 172 Å². The number of hydrogen-bond acceptors (Lipinski definition) is 6. The fraction of sp³-hybridized carbons (Fsp3) is 0.850. The number of rotatable bonds is 3. The average Bonchev–Trinajstić information content (AvgIpc) is 3.21. The number of amides is 2. The third-order valence-corrected chi connectivity index (χ3v) is 4.45. The van der Waals surface area contributed by atoms with Crippen LogP contribution in [0.25, 0.3) is 0 Å². The van der Waals surface area contributed by atoms with Gasteiger partial charge in [0.1, 0.15) is 17.7 Å². The lowest BCUT2D eigenvalue weighted by atomic mass is 9.85. The maximum Gasteiger partial charge on any atom is 0.408 e. The molecular weight excluding hydrogens is 380 g/mol. The number of carbonyl (C=O) groups is 3. The van der Waals surface area contributed by atoms with Gasteiger partial charge in [-0.3, -0.25) is 4.79 Å². The monoisotopic (exact) mass is 416 g/mol. The van der Waals surface area contributed by atoms with Crippen LogP contribution in [-0.2, 0) is 19.1 Å². The van der Waals surface area contributed by atoms with E-state index in [1.54, 1.807) is 41.5 Å². The van der Waals surface area contributed by atoms with Crippen molar-refractivity contribution in [2.24, 2.45) is 5.41 Å². The minimum absolute atomic E-state index is 0.0234. The summed E-state index contributed by atoms with van der Waals surface area (Å²) in [4.78, 5) is 37.3. The van der Waals surface area contributed by atoms with E-state index in [-0.39, 0.29) is 13.0 Å². The number of alkyl carbamates (subject to hydrolysis) is 1. The second-order valence-corrected chi connectivity index (χ2v) is 9.50. The van der Waals surface area contributed by atoms with Gasteiger partial charge in [0.25, 0.3) is 0 Å². The lowest BCUT2D eigenvalue weighted by Gasteiger charge is -2.35. The number of carboxylic acid groups (broad SMARTS) is 1. The van der Waals surface area contributed by atoms with Crippen LogP contribution < -0.4 is 5.32 Å². The number of ether oxygens (including phenoxy) is 2. The molecule has 9 heteroatoms. The quantitative estimate of drug-likeness (QED) is 0.640. The smallest absolute Gasteiger partial charge is 0.408 e. The van der Waals surface area contributed by atoms with E-state index in [4.69, 9.17) is 9.47 Å². The molecule has 0 unspecified atom stereocenters. The summed E-state index contributed by atoms with van der Waals surface area (Å²) in [6.45, 7) is 12.3. The number of carboxylic acids is 1. The van der Waals surface area contributed by atoms with Crippen molar-refractivity contribution in [1.29, 1.82) is 0 Å². The Kier molecular flexibility index (Phi) is 8.89. The van der Waals surface area contributed by atoms with Crippen molar-refractivity contribution in [3.8, 4) is 0 Å². The van der Waals surface area contributed by atoms with Crippen LogP contribution >= 0.6 is 0 Å². The van der Waals surface area contributed by atoms with E-state index in [1.807, 2.05) is 0 Å². The van der Waals surface area contributed by atoms with E-state index in [9.17, 15) is 24.6 Å². The number of nitrogens with one attached hydrogen (secondary N) is 1. The summed E-state index contributed by atoms with van der Waals surface area (Å²) in [5.74, 6) is -1.72. The van der Waals surface area contributed by atoms with Gasteiger partial charge in [-0.25, -0.2) is 9.59 Å². The molecular formula is C20H36N2O7. The van der Waals surface area contributed by atoms with Crippen LogP contribution in [0.4, 0.5) is 4.79 Å². The van der Waals surface area contributed by atoms with Crippen LogP contribution in [0.2, 0.25) is 0 Å². The number of hydrogen-bond donors (Lipinski definition) is 3. The fourth-order valence-electron chi connectivity index (χ4n) is 3.04. The molecule has 0 bridgehead atoms. The van der Waals surface area contributed by atoms with Crippen LogP contribution in [0.1, 0.15) is 60.8 Å². The molecule has 0 aromatic rings. The van der Waals surface area contributed by atoms with Crippen LogP contribution in [0.5, 0.6) is 0 Å². The average molecular weight is 417 g/mol. The Hall–Kier alpha value is -1.87. The molecule has 0 aromatic heterocycles. The molecule has 0 saturated carbocycles. The van der Waals surface area contributed by atoms with Gasteiger partial charge in [-0.15, -0.1) is 0 Å². The van der Waals surface area contributed by atoms with Gasteiger partial charge in [0, 0.05) is 26.2 Å². The molecule has 2 rings (SSSR count). The Balaban J connectivity index is 0.000000726. The second kappa shape index (κ2) is 10.2. The second-order valence-electron chi connectivity index (χ2n) is 9.50. The van der Waals surface area contributed by atoms with Crippen molar-refractivity contribution in [3.05, 3.63) is 0 Å². The van der Waals surface area contributed by atoms with Gasteiger partial charge in [0.2, 0.25) is 5.91 Å². The van der Waals surface area contributed by atoms with Crippen molar-refractivity contribution in [1.82, 2.24) is 10.2 Å². The third-order valence-electron chi connectivity index (χ3n) is 4.45. The van der Waals surface area contributed by atoms with Crippen LogP contribution in [0.3, 0.4) is 0 Å². The highest BCUT2D eigenvalue weighted by atomic mass is 16.6. The molecule has 3 atom stereocenters. The first-order valence-corrected chi connectivity index (χ1v) is 10.0.